The predicted molar refractivity (Wildman–Crippen MR) is 82.3 cm³/mol. The molecule has 94 valence electrons. The van der Waals surface area contributed by atoms with Crippen LogP contribution in [0.15, 0.2) is 54.6 Å². The summed E-state index contributed by atoms with van der Waals surface area (Å²) >= 11 is 3.78. The van der Waals surface area contributed by atoms with Gasteiger partial charge in [-0.25, -0.2) is 0 Å². The topological polar surface area (TPSA) is 0 Å². The molecule has 1 unspecified atom stereocenters. The van der Waals surface area contributed by atoms with Crippen LogP contribution in [0.25, 0.3) is 0 Å². The van der Waals surface area contributed by atoms with E-state index in [0.717, 1.165) is 6.42 Å². The minimum Gasteiger partial charge on any atom is -0.0835 e. The monoisotopic (exact) mass is 302 g/mol. The predicted octanol–water partition coefficient (Wildman–Crippen LogP) is 5.49. The van der Waals surface area contributed by atoms with Crippen LogP contribution in [0.5, 0.6) is 0 Å². The third-order valence-corrected chi connectivity index (χ3v) is 4.07. The average Bonchev–Trinajstić information content (AvgIpc) is 2.40. The molecule has 0 radical (unpaired) electrons. The third-order valence-electron chi connectivity index (χ3n) is 3.22. The Balaban J connectivity index is 2.07. The van der Waals surface area contributed by atoms with Crippen LogP contribution in [0.2, 0.25) is 0 Å². The van der Waals surface area contributed by atoms with E-state index in [0.29, 0.717) is 10.7 Å². The summed E-state index contributed by atoms with van der Waals surface area (Å²) in [5.41, 5.74) is 4.12. The van der Waals surface area contributed by atoms with Crippen LogP contribution in [-0.2, 0) is 6.42 Å². The number of halogens is 1. The Labute approximate surface area is 118 Å². The van der Waals surface area contributed by atoms with E-state index in [1.165, 1.54) is 16.7 Å². The zero-order chi connectivity index (χ0) is 13.0. The van der Waals surface area contributed by atoms with Gasteiger partial charge in [0, 0.05) is 4.83 Å². The highest BCUT2D eigenvalue weighted by Crippen LogP contribution is 2.28. The fourth-order valence-electron chi connectivity index (χ4n) is 2.03. The van der Waals surface area contributed by atoms with Gasteiger partial charge in [0.25, 0.3) is 0 Å². The highest BCUT2D eigenvalue weighted by atomic mass is 79.9. The van der Waals surface area contributed by atoms with Gasteiger partial charge in [-0.2, -0.15) is 0 Å². The van der Waals surface area contributed by atoms with Gasteiger partial charge in [-0.05, 0) is 29.0 Å². The van der Waals surface area contributed by atoms with Gasteiger partial charge >= 0.3 is 0 Å². The van der Waals surface area contributed by atoms with Crippen molar-refractivity contribution in [3.63, 3.8) is 0 Å². The molecule has 0 spiro atoms. The number of rotatable bonds is 4. The number of hydrogen-bond donors (Lipinski definition) is 0. The quantitative estimate of drug-likeness (QED) is 0.655. The van der Waals surface area contributed by atoms with Crippen molar-refractivity contribution >= 4 is 15.9 Å². The van der Waals surface area contributed by atoms with E-state index in [1.54, 1.807) is 0 Å². The summed E-state index contributed by atoms with van der Waals surface area (Å²) in [6, 6.07) is 19.5. The number of alkyl halides is 1. The first-order valence-corrected chi connectivity index (χ1v) is 7.36. The minimum absolute atomic E-state index is 0.390. The van der Waals surface area contributed by atoms with Gasteiger partial charge in [0.05, 0.1) is 0 Å². The summed E-state index contributed by atoms with van der Waals surface area (Å²) in [6.07, 6.45) is 1.03. The van der Waals surface area contributed by atoms with Crippen molar-refractivity contribution in [3.05, 3.63) is 71.3 Å². The standard InChI is InChI=1S/C17H19Br/c1-13(2)15-8-10-16(11-9-15)17(18)12-14-6-4-3-5-7-14/h3-11,13,17H,12H2,1-2H3. The number of hydrogen-bond acceptors (Lipinski definition) is 0. The van der Waals surface area contributed by atoms with E-state index < -0.39 is 0 Å². The fourth-order valence-corrected chi connectivity index (χ4v) is 2.71. The first kappa shape index (κ1) is 13.4. The molecule has 0 aromatic heterocycles. The molecule has 18 heavy (non-hydrogen) atoms. The maximum Gasteiger partial charge on any atom is 0.0435 e. The summed E-state index contributed by atoms with van der Waals surface area (Å²) in [6.45, 7) is 4.45. The second-order valence-corrected chi connectivity index (χ2v) is 6.08. The third kappa shape index (κ3) is 3.46. The van der Waals surface area contributed by atoms with E-state index in [2.05, 4.69) is 84.4 Å². The molecule has 0 amide bonds. The Kier molecular flexibility index (Phi) is 4.60. The summed E-state index contributed by atoms with van der Waals surface area (Å²) in [5.74, 6) is 0.599. The maximum absolute atomic E-state index is 3.78. The van der Waals surface area contributed by atoms with E-state index in [9.17, 15) is 0 Å². The molecule has 1 heteroatoms. The Hall–Kier alpha value is -1.08. The van der Waals surface area contributed by atoms with Gasteiger partial charge in [0.2, 0.25) is 0 Å². The second-order valence-electron chi connectivity index (χ2n) is 4.98. The van der Waals surface area contributed by atoms with Crippen molar-refractivity contribution in [1.82, 2.24) is 0 Å². The van der Waals surface area contributed by atoms with Crippen LogP contribution in [0.1, 0.15) is 41.3 Å². The van der Waals surface area contributed by atoms with Gasteiger partial charge in [0.1, 0.15) is 0 Å². The molecule has 0 aliphatic carbocycles. The Morgan fingerprint density at radius 3 is 1.94 bits per heavy atom. The van der Waals surface area contributed by atoms with Gasteiger partial charge in [-0.3, -0.25) is 0 Å². The highest BCUT2D eigenvalue weighted by Gasteiger charge is 2.08. The zero-order valence-corrected chi connectivity index (χ0v) is 12.5. The van der Waals surface area contributed by atoms with Crippen molar-refractivity contribution in [2.75, 3.05) is 0 Å². The molecular weight excluding hydrogens is 284 g/mol. The van der Waals surface area contributed by atoms with Crippen LogP contribution >= 0.6 is 15.9 Å². The van der Waals surface area contributed by atoms with Crippen LogP contribution in [-0.4, -0.2) is 0 Å². The molecular formula is C17H19Br. The molecule has 0 saturated heterocycles. The van der Waals surface area contributed by atoms with E-state index in [1.807, 2.05) is 0 Å². The molecule has 0 bridgehead atoms. The lowest BCUT2D eigenvalue weighted by Crippen LogP contribution is -1.96. The largest absolute Gasteiger partial charge is 0.0835 e. The molecule has 0 saturated carbocycles. The lowest BCUT2D eigenvalue weighted by molar-refractivity contribution is 0.862. The first-order chi connectivity index (χ1) is 8.66. The molecule has 0 nitrogen and oxygen atoms in total. The molecule has 0 heterocycles. The highest BCUT2D eigenvalue weighted by molar-refractivity contribution is 9.09. The SMILES string of the molecule is CC(C)c1ccc(C(Br)Cc2ccccc2)cc1. The molecule has 2 rings (SSSR count). The van der Waals surface area contributed by atoms with E-state index >= 15 is 0 Å². The fraction of sp³-hybridized carbons (Fsp3) is 0.294. The molecule has 1 atom stereocenters. The molecule has 0 aliphatic heterocycles. The summed E-state index contributed by atoms with van der Waals surface area (Å²) < 4.78 is 0. The van der Waals surface area contributed by atoms with Crippen molar-refractivity contribution in [1.29, 1.82) is 0 Å². The summed E-state index contributed by atoms with van der Waals surface area (Å²) in [7, 11) is 0. The lowest BCUT2D eigenvalue weighted by Gasteiger charge is -2.12. The molecule has 2 aromatic rings. The smallest absolute Gasteiger partial charge is 0.0435 e. The van der Waals surface area contributed by atoms with E-state index in [-0.39, 0.29) is 0 Å². The lowest BCUT2D eigenvalue weighted by atomic mass is 9.99. The second kappa shape index (κ2) is 6.19. The van der Waals surface area contributed by atoms with Crippen molar-refractivity contribution in [2.24, 2.45) is 0 Å². The first-order valence-electron chi connectivity index (χ1n) is 6.44. The van der Waals surface area contributed by atoms with Gasteiger partial charge in [-0.15, -0.1) is 0 Å². The van der Waals surface area contributed by atoms with Crippen molar-refractivity contribution in [2.45, 2.75) is 31.0 Å². The minimum atomic E-state index is 0.390. The average molecular weight is 303 g/mol. The Bertz CT molecular complexity index is 471. The normalized spacial score (nSPS) is 12.7. The van der Waals surface area contributed by atoms with E-state index in [4.69, 9.17) is 0 Å². The van der Waals surface area contributed by atoms with Gasteiger partial charge in [-0.1, -0.05) is 84.4 Å². The van der Waals surface area contributed by atoms with Crippen LogP contribution < -0.4 is 0 Å². The van der Waals surface area contributed by atoms with Gasteiger partial charge < -0.3 is 0 Å². The molecule has 0 fully saturated rings. The van der Waals surface area contributed by atoms with Crippen LogP contribution in [0.3, 0.4) is 0 Å². The Morgan fingerprint density at radius 2 is 1.39 bits per heavy atom. The summed E-state index contributed by atoms with van der Waals surface area (Å²) in [4.78, 5) is 0.390. The molecule has 2 aromatic carbocycles. The van der Waals surface area contributed by atoms with Gasteiger partial charge in [0.15, 0.2) is 0 Å². The Morgan fingerprint density at radius 1 is 0.833 bits per heavy atom. The molecule has 0 N–H and O–H groups in total. The molecule has 0 aliphatic rings. The van der Waals surface area contributed by atoms with Crippen LogP contribution in [0, 0.1) is 0 Å². The summed E-state index contributed by atoms with van der Waals surface area (Å²) in [5, 5.41) is 0. The maximum atomic E-state index is 3.78. The van der Waals surface area contributed by atoms with Crippen molar-refractivity contribution < 1.29 is 0 Å². The zero-order valence-electron chi connectivity index (χ0n) is 10.9. The van der Waals surface area contributed by atoms with Crippen LogP contribution in [0.4, 0.5) is 0 Å². The van der Waals surface area contributed by atoms with Crippen molar-refractivity contribution in [3.8, 4) is 0 Å². The number of benzene rings is 2.